The molecular weight excluding hydrogens is 1270 g/mol. The molecule has 3 N–H and O–H groups in total. The van der Waals surface area contributed by atoms with Gasteiger partial charge in [-0.3, -0.25) is 37.3 Å². The molecule has 0 aromatic carbocycles. The minimum Gasteiger partial charge on any atom is -0.462 e. The molecule has 0 aliphatic carbocycles. The Hall–Kier alpha value is -1.94. The predicted octanol–water partition coefficient (Wildman–Crippen LogP) is 23.0. The Morgan fingerprint density at radius 1 is 0.278 bits per heavy atom. The molecule has 0 spiro atoms. The van der Waals surface area contributed by atoms with Crippen LogP contribution in [0.25, 0.3) is 0 Å². The topological polar surface area (TPSA) is 237 Å². The number of ether oxygens (including phenoxy) is 4. The van der Waals surface area contributed by atoms with Gasteiger partial charge in [0.1, 0.15) is 19.3 Å². The van der Waals surface area contributed by atoms with Crippen LogP contribution in [0.15, 0.2) is 0 Å². The minimum absolute atomic E-state index is 0.102. The molecule has 576 valence electrons. The highest BCUT2D eigenvalue weighted by molar-refractivity contribution is 7.47. The summed E-state index contributed by atoms with van der Waals surface area (Å²) in [5.74, 6) is 0.0635. The van der Waals surface area contributed by atoms with Crippen LogP contribution in [0.2, 0.25) is 0 Å². The number of rotatable bonds is 76. The molecule has 0 aromatic heterocycles. The van der Waals surface area contributed by atoms with Gasteiger partial charge in [-0.25, -0.2) is 9.13 Å². The summed E-state index contributed by atoms with van der Waals surface area (Å²) in [6.45, 7) is 11.8. The fourth-order valence-electron chi connectivity index (χ4n) is 12.0. The van der Waals surface area contributed by atoms with Crippen LogP contribution in [0, 0.1) is 17.8 Å². The van der Waals surface area contributed by atoms with Crippen molar-refractivity contribution in [3.8, 4) is 0 Å². The fraction of sp³-hybridized carbons (Fsp3) is 0.949. The molecule has 0 radical (unpaired) electrons. The molecule has 0 saturated carbocycles. The summed E-state index contributed by atoms with van der Waals surface area (Å²) in [5, 5.41) is 10.6. The van der Waals surface area contributed by atoms with E-state index >= 15 is 0 Å². The quantitative estimate of drug-likeness (QED) is 0.0222. The molecular formula is C78H152O17P2. The van der Waals surface area contributed by atoms with Crippen molar-refractivity contribution in [2.75, 3.05) is 39.6 Å². The number of hydrogen-bond donors (Lipinski definition) is 3. The van der Waals surface area contributed by atoms with Crippen molar-refractivity contribution in [1.82, 2.24) is 0 Å². The number of phosphoric acid groups is 2. The Kier molecular flexibility index (Phi) is 67.1. The predicted molar refractivity (Wildman–Crippen MR) is 395 cm³/mol. The van der Waals surface area contributed by atoms with Gasteiger partial charge >= 0.3 is 39.5 Å². The van der Waals surface area contributed by atoms with Crippen LogP contribution in [0.1, 0.15) is 402 Å². The fourth-order valence-corrected chi connectivity index (χ4v) is 13.5. The SMILES string of the molecule is CCCCCCCCCCCCCCCCCCCCCC(=O)OC[C@H](COP(=O)(O)OC[C@@H](O)COP(=O)(O)OC[C@@H](COC(=O)CCCCCCCCC(C)C)OC(=O)CCCCCCCCCC(C)C)OC(=O)CCCCCCCCCCCCCCCCCCC(C)C. The zero-order valence-corrected chi connectivity index (χ0v) is 65.3. The lowest BCUT2D eigenvalue weighted by molar-refractivity contribution is -0.161. The van der Waals surface area contributed by atoms with Crippen molar-refractivity contribution in [2.45, 2.75) is 420 Å². The highest BCUT2D eigenvalue weighted by atomic mass is 31.2. The molecule has 2 unspecified atom stereocenters. The Bertz CT molecular complexity index is 1890. The van der Waals surface area contributed by atoms with Crippen molar-refractivity contribution in [2.24, 2.45) is 17.8 Å². The monoisotopic (exact) mass is 1420 g/mol. The highest BCUT2D eigenvalue weighted by Gasteiger charge is 2.30. The summed E-state index contributed by atoms with van der Waals surface area (Å²) < 4.78 is 68.5. The molecule has 0 heterocycles. The normalized spacial score (nSPS) is 14.0. The summed E-state index contributed by atoms with van der Waals surface area (Å²) in [7, 11) is -9.91. The van der Waals surface area contributed by atoms with Crippen LogP contribution in [-0.4, -0.2) is 96.7 Å². The zero-order valence-electron chi connectivity index (χ0n) is 63.5. The summed E-state index contributed by atoms with van der Waals surface area (Å²) in [4.78, 5) is 72.8. The third-order valence-electron chi connectivity index (χ3n) is 18.1. The Balaban J connectivity index is 5.19. The van der Waals surface area contributed by atoms with Crippen molar-refractivity contribution in [3.05, 3.63) is 0 Å². The third kappa shape index (κ3) is 72.2. The van der Waals surface area contributed by atoms with E-state index < -0.39 is 97.5 Å². The average Bonchev–Trinajstić information content (AvgIpc) is 1.08. The molecule has 0 rings (SSSR count). The number of aliphatic hydroxyl groups is 1. The van der Waals surface area contributed by atoms with Crippen molar-refractivity contribution in [1.29, 1.82) is 0 Å². The number of carbonyl (C=O) groups is 4. The second-order valence-corrected chi connectivity index (χ2v) is 32.4. The molecule has 0 aliphatic rings. The molecule has 19 heteroatoms. The van der Waals surface area contributed by atoms with Crippen molar-refractivity contribution < 1.29 is 80.2 Å². The smallest absolute Gasteiger partial charge is 0.462 e. The first-order chi connectivity index (χ1) is 46.7. The van der Waals surface area contributed by atoms with Gasteiger partial charge in [0.05, 0.1) is 26.4 Å². The van der Waals surface area contributed by atoms with Gasteiger partial charge in [-0.1, -0.05) is 350 Å². The van der Waals surface area contributed by atoms with Crippen LogP contribution < -0.4 is 0 Å². The molecule has 0 aliphatic heterocycles. The minimum atomic E-state index is -4.96. The van der Waals surface area contributed by atoms with Crippen molar-refractivity contribution in [3.63, 3.8) is 0 Å². The number of hydrogen-bond acceptors (Lipinski definition) is 15. The van der Waals surface area contributed by atoms with Crippen LogP contribution in [0.3, 0.4) is 0 Å². The Morgan fingerprint density at radius 2 is 0.474 bits per heavy atom. The van der Waals surface area contributed by atoms with E-state index in [4.69, 9.17) is 37.0 Å². The van der Waals surface area contributed by atoms with Gasteiger partial charge in [-0.2, -0.15) is 0 Å². The van der Waals surface area contributed by atoms with Crippen LogP contribution >= 0.6 is 15.6 Å². The van der Waals surface area contributed by atoms with E-state index in [0.717, 1.165) is 102 Å². The van der Waals surface area contributed by atoms with Crippen LogP contribution in [-0.2, 0) is 65.4 Å². The lowest BCUT2D eigenvalue weighted by Crippen LogP contribution is -2.30. The zero-order chi connectivity index (χ0) is 71.6. The van der Waals surface area contributed by atoms with E-state index in [1.807, 2.05) is 0 Å². The lowest BCUT2D eigenvalue weighted by Gasteiger charge is -2.21. The number of aliphatic hydroxyl groups excluding tert-OH is 1. The maximum atomic E-state index is 13.1. The van der Waals surface area contributed by atoms with E-state index in [0.29, 0.717) is 37.5 Å². The van der Waals surface area contributed by atoms with E-state index in [1.54, 1.807) is 0 Å². The maximum Gasteiger partial charge on any atom is 0.472 e. The van der Waals surface area contributed by atoms with Crippen LogP contribution in [0.4, 0.5) is 0 Å². The molecule has 97 heavy (non-hydrogen) atoms. The van der Waals surface area contributed by atoms with E-state index in [2.05, 4.69) is 48.5 Å². The number of phosphoric ester groups is 2. The standard InChI is InChI=1S/C78H152O17P2/c1-8-9-10-11-12-13-14-15-16-17-18-19-23-26-29-32-37-45-52-59-75(80)88-65-73(94-77(82)61-54-47-38-33-30-27-24-21-20-22-25-28-31-35-42-49-56-69(2)3)67-92-96(84,85)90-63-72(79)64-91-97(86,87)93-68-74(66-89-76(81)60-53-46-41-40-44-51-58-71(6)7)95-78(83)62-55-48-39-34-36-43-50-57-70(4)5/h69-74,79H,8-68H2,1-7H3,(H,84,85)(H,86,87)/t72-,73-,74-/m1/s1. The second-order valence-electron chi connectivity index (χ2n) is 29.5. The van der Waals surface area contributed by atoms with Crippen LogP contribution in [0.5, 0.6) is 0 Å². The van der Waals surface area contributed by atoms with E-state index in [9.17, 15) is 43.2 Å². The molecule has 17 nitrogen and oxygen atoms in total. The molecule has 0 aromatic rings. The summed E-state index contributed by atoms with van der Waals surface area (Å²) >= 11 is 0. The first kappa shape index (κ1) is 95.1. The van der Waals surface area contributed by atoms with Gasteiger partial charge in [0.15, 0.2) is 12.2 Å². The first-order valence-electron chi connectivity index (χ1n) is 40.3. The lowest BCUT2D eigenvalue weighted by atomic mass is 10.0. The summed E-state index contributed by atoms with van der Waals surface area (Å²) in [6, 6.07) is 0. The summed E-state index contributed by atoms with van der Waals surface area (Å²) in [5.41, 5.74) is 0. The molecule has 5 atom stereocenters. The second kappa shape index (κ2) is 68.5. The van der Waals surface area contributed by atoms with Gasteiger partial charge in [0, 0.05) is 25.7 Å². The molecule has 0 bridgehead atoms. The largest absolute Gasteiger partial charge is 0.472 e. The van der Waals surface area contributed by atoms with Gasteiger partial charge < -0.3 is 33.8 Å². The molecule has 0 amide bonds. The number of unbranched alkanes of at least 4 members (excludes halogenated alkanes) is 44. The maximum absolute atomic E-state index is 13.1. The Labute approximate surface area is 594 Å². The van der Waals surface area contributed by atoms with Gasteiger partial charge in [-0.15, -0.1) is 0 Å². The average molecular weight is 1420 g/mol. The van der Waals surface area contributed by atoms with Gasteiger partial charge in [0.2, 0.25) is 0 Å². The van der Waals surface area contributed by atoms with Crippen molar-refractivity contribution >= 4 is 39.5 Å². The number of carbonyl (C=O) groups excluding carboxylic acids is 4. The van der Waals surface area contributed by atoms with Gasteiger partial charge in [0.25, 0.3) is 0 Å². The summed E-state index contributed by atoms with van der Waals surface area (Å²) in [6.07, 6.45) is 56.0. The highest BCUT2D eigenvalue weighted by Crippen LogP contribution is 2.45. The molecule has 0 saturated heterocycles. The first-order valence-corrected chi connectivity index (χ1v) is 43.3. The van der Waals surface area contributed by atoms with Gasteiger partial charge in [-0.05, 0) is 43.4 Å². The number of esters is 4. The van der Waals surface area contributed by atoms with E-state index in [1.165, 1.54) is 205 Å². The van der Waals surface area contributed by atoms with E-state index in [-0.39, 0.29) is 25.7 Å². The molecule has 0 fully saturated rings. The Morgan fingerprint density at radius 3 is 0.701 bits per heavy atom. The third-order valence-corrected chi connectivity index (χ3v) is 20.0.